The highest BCUT2D eigenvalue weighted by Crippen LogP contribution is 2.41. The SMILES string of the molecule is CC(=O)NC1CCN(c2cc(Cl)c(C(F)(F)F)cc2[N+](=O)[O-])CC1. The van der Waals surface area contributed by atoms with Crippen molar-refractivity contribution in [3.05, 3.63) is 32.8 Å². The zero-order valence-corrected chi connectivity index (χ0v) is 13.4. The van der Waals surface area contributed by atoms with Crippen molar-refractivity contribution >= 4 is 28.9 Å². The number of nitro benzene ring substituents is 1. The van der Waals surface area contributed by atoms with Crippen molar-refractivity contribution in [3.8, 4) is 0 Å². The van der Waals surface area contributed by atoms with Crippen LogP contribution in [0.1, 0.15) is 25.3 Å². The Balaban J connectivity index is 2.29. The molecule has 1 aliphatic rings. The van der Waals surface area contributed by atoms with Gasteiger partial charge in [-0.1, -0.05) is 11.6 Å². The van der Waals surface area contributed by atoms with Gasteiger partial charge in [0, 0.05) is 32.1 Å². The first-order valence-corrected chi connectivity index (χ1v) is 7.54. The number of anilines is 1. The van der Waals surface area contributed by atoms with E-state index in [1.54, 1.807) is 4.90 Å². The zero-order chi connectivity index (χ0) is 18.1. The Morgan fingerprint density at radius 3 is 2.42 bits per heavy atom. The molecule has 1 aromatic rings. The lowest BCUT2D eigenvalue weighted by Crippen LogP contribution is -2.44. The summed E-state index contributed by atoms with van der Waals surface area (Å²) in [5.74, 6) is -0.169. The van der Waals surface area contributed by atoms with Gasteiger partial charge in [-0.05, 0) is 18.9 Å². The van der Waals surface area contributed by atoms with Gasteiger partial charge in [-0.15, -0.1) is 0 Å². The molecular weight excluding hydrogens is 351 g/mol. The Morgan fingerprint density at radius 2 is 1.96 bits per heavy atom. The molecular formula is C14H15ClF3N3O3. The van der Waals surface area contributed by atoms with Crippen LogP contribution in [0.2, 0.25) is 5.02 Å². The fourth-order valence-corrected chi connectivity index (χ4v) is 2.99. The minimum Gasteiger partial charge on any atom is -0.366 e. The second kappa shape index (κ2) is 6.84. The summed E-state index contributed by atoms with van der Waals surface area (Å²) in [7, 11) is 0. The first-order valence-electron chi connectivity index (χ1n) is 7.16. The maximum atomic E-state index is 12.9. The number of amides is 1. The predicted octanol–water partition coefficient (Wildman–Crippen LogP) is 3.37. The van der Waals surface area contributed by atoms with Crippen LogP contribution in [0.15, 0.2) is 12.1 Å². The summed E-state index contributed by atoms with van der Waals surface area (Å²) in [6, 6.07) is 1.40. The third kappa shape index (κ3) is 4.08. The smallest absolute Gasteiger partial charge is 0.366 e. The summed E-state index contributed by atoms with van der Waals surface area (Å²) in [6.45, 7) is 2.13. The first kappa shape index (κ1) is 18.3. The third-order valence-electron chi connectivity index (χ3n) is 3.81. The van der Waals surface area contributed by atoms with Gasteiger partial charge in [0.2, 0.25) is 5.91 Å². The van der Waals surface area contributed by atoms with Crippen LogP contribution in [-0.2, 0) is 11.0 Å². The summed E-state index contributed by atoms with van der Waals surface area (Å²) in [4.78, 5) is 23.0. The highest BCUT2D eigenvalue weighted by molar-refractivity contribution is 6.31. The monoisotopic (exact) mass is 365 g/mol. The molecule has 132 valence electrons. The van der Waals surface area contributed by atoms with Gasteiger partial charge in [-0.2, -0.15) is 13.2 Å². The number of piperidine rings is 1. The molecule has 0 bridgehead atoms. The quantitative estimate of drug-likeness (QED) is 0.658. The molecule has 1 heterocycles. The molecule has 1 saturated heterocycles. The highest BCUT2D eigenvalue weighted by Gasteiger charge is 2.37. The second-order valence-electron chi connectivity index (χ2n) is 5.54. The van der Waals surface area contributed by atoms with Crippen LogP contribution >= 0.6 is 11.6 Å². The molecule has 0 atom stereocenters. The lowest BCUT2D eigenvalue weighted by molar-refractivity contribution is -0.384. The van der Waals surface area contributed by atoms with Gasteiger partial charge in [-0.25, -0.2) is 0 Å². The minimum absolute atomic E-state index is 0.0530. The molecule has 0 aliphatic carbocycles. The van der Waals surface area contributed by atoms with E-state index in [0.29, 0.717) is 32.0 Å². The van der Waals surface area contributed by atoms with E-state index in [9.17, 15) is 28.1 Å². The van der Waals surface area contributed by atoms with Crippen LogP contribution in [-0.4, -0.2) is 30.0 Å². The maximum Gasteiger partial charge on any atom is 0.418 e. The summed E-state index contributed by atoms with van der Waals surface area (Å²) in [5, 5.41) is 13.4. The number of nitrogens with one attached hydrogen (secondary N) is 1. The number of nitrogens with zero attached hydrogens (tertiary/aromatic N) is 2. The predicted molar refractivity (Wildman–Crippen MR) is 82.2 cm³/mol. The lowest BCUT2D eigenvalue weighted by atomic mass is 10.0. The van der Waals surface area contributed by atoms with E-state index in [2.05, 4.69) is 5.32 Å². The maximum absolute atomic E-state index is 12.9. The second-order valence-corrected chi connectivity index (χ2v) is 5.94. The summed E-state index contributed by atoms with van der Waals surface area (Å²) in [6.07, 6.45) is -3.69. The highest BCUT2D eigenvalue weighted by atomic mass is 35.5. The van der Waals surface area contributed by atoms with Crippen molar-refractivity contribution in [3.63, 3.8) is 0 Å². The molecule has 1 aliphatic heterocycles. The van der Waals surface area contributed by atoms with E-state index in [4.69, 9.17) is 11.6 Å². The van der Waals surface area contributed by atoms with E-state index in [-0.39, 0.29) is 17.6 Å². The van der Waals surface area contributed by atoms with Gasteiger partial charge in [0.15, 0.2) is 0 Å². The fourth-order valence-electron chi connectivity index (χ4n) is 2.72. The Labute approximate surface area is 140 Å². The summed E-state index contributed by atoms with van der Waals surface area (Å²) in [5.41, 5.74) is -1.81. The molecule has 0 spiro atoms. The number of hydrogen-bond donors (Lipinski definition) is 1. The average molecular weight is 366 g/mol. The summed E-state index contributed by atoms with van der Waals surface area (Å²) < 4.78 is 38.6. The number of nitro groups is 1. The van der Waals surface area contributed by atoms with Crippen LogP contribution in [0.4, 0.5) is 24.5 Å². The number of halogens is 4. The largest absolute Gasteiger partial charge is 0.418 e. The first-order chi connectivity index (χ1) is 11.1. The molecule has 0 saturated carbocycles. The van der Waals surface area contributed by atoms with Crippen molar-refractivity contribution in [2.45, 2.75) is 32.0 Å². The fraction of sp³-hybridized carbons (Fsp3) is 0.500. The van der Waals surface area contributed by atoms with E-state index >= 15 is 0 Å². The number of hydrogen-bond acceptors (Lipinski definition) is 4. The topological polar surface area (TPSA) is 75.5 Å². The lowest BCUT2D eigenvalue weighted by Gasteiger charge is -2.33. The van der Waals surface area contributed by atoms with Gasteiger partial charge in [0.25, 0.3) is 5.69 Å². The van der Waals surface area contributed by atoms with Crippen molar-refractivity contribution < 1.29 is 22.9 Å². The molecule has 2 rings (SSSR count). The number of benzene rings is 1. The van der Waals surface area contributed by atoms with E-state index in [1.807, 2.05) is 0 Å². The van der Waals surface area contributed by atoms with Gasteiger partial charge < -0.3 is 10.2 Å². The van der Waals surface area contributed by atoms with Gasteiger partial charge in [0.1, 0.15) is 5.69 Å². The molecule has 1 fully saturated rings. The van der Waals surface area contributed by atoms with Crippen LogP contribution in [0, 0.1) is 10.1 Å². The standard InChI is InChI=1S/C14H15ClF3N3O3/c1-8(22)19-9-2-4-20(5-3-9)12-7-11(15)10(14(16,17)18)6-13(12)21(23)24/h6-7,9H,2-5H2,1H3,(H,19,22). The normalized spacial score (nSPS) is 16.1. The average Bonchev–Trinajstić information content (AvgIpc) is 2.45. The third-order valence-corrected chi connectivity index (χ3v) is 4.12. The number of carbonyl (C=O) groups is 1. The van der Waals surface area contributed by atoms with Crippen LogP contribution in [0.25, 0.3) is 0 Å². The molecule has 0 aromatic heterocycles. The van der Waals surface area contributed by atoms with E-state index in [1.165, 1.54) is 6.92 Å². The van der Waals surface area contributed by atoms with Gasteiger partial charge in [0.05, 0.1) is 15.5 Å². The Morgan fingerprint density at radius 1 is 1.38 bits per heavy atom. The van der Waals surface area contributed by atoms with Crippen LogP contribution in [0.5, 0.6) is 0 Å². The Bertz CT molecular complexity index is 659. The van der Waals surface area contributed by atoms with Crippen molar-refractivity contribution in [2.75, 3.05) is 18.0 Å². The molecule has 1 aromatic carbocycles. The Kier molecular flexibility index (Phi) is 5.22. The molecule has 10 heteroatoms. The minimum atomic E-state index is -4.77. The van der Waals surface area contributed by atoms with E-state index < -0.39 is 27.4 Å². The molecule has 1 N–H and O–H groups in total. The van der Waals surface area contributed by atoms with Gasteiger partial charge >= 0.3 is 6.18 Å². The van der Waals surface area contributed by atoms with Crippen LogP contribution in [0.3, 0.4) is 0 Å². The molecule has 6 nitrogen and oxygen atoms in total. The van der Waals surface area contributed by atoms with E-state index in [0.717, 1.165) is 6.07 Å². The van der Waals surface area contributed by atoms with Crippen molar-refractivity contribution in [2.24, 2.45) is 0 Å². The number of alkyl halides is 3. The van der Waals surface area contributed by atoms with Crippen LogP contribution < -0.4 is 10.2 Å². The molecule has 1 amide bonds. The van der Waals surface area contributed by atoms with Crippen molar-refractivity contribution in [1.29, 1.82) is 0 Å². The zero-order valence-electron chi connectivity index (χ0n) is 12.7. The van der Waals surface area contributed by atoms with Crippen molar-refractivity contribution in [1.82, 2.24) is 5.32 Å². The molecule has 0 unspecified atom stereocenters. The molecule has 0 radical (unpaired) electrons. The summed E-state index contributed by atoms with van der Waals surface area (Å²) >= 11 is 5.68. The number of rotatable bonds is 3. The number of carbonyl (C=O) groups excluding carboxylic acids is 1. The molecule has 24 heavy (non-hydrogen) atoms. The Hall–Kier alpha value is -2.03. The van der Waals surface area contributed by atoms with Gasteiger partial charge in [-0.3, -0.25) is 14.9 Å².